The Bertz CT molecular complexity index is 1530. The smallest absolute Gasteiger partial charge is 0.462 e. The molecule has 17 nitrogen and oxygen atoms in total. The summed E-state index contributed by atoms with van der Waals surface area (Å²) in [7, 11) is -10.7. The molecule has 0 heterocycles. The number of aliphatic hydroxyl groups is 5. The molecule has 5 unspecified atom stereocenters. The van der Waals surface area contributed by atoms with Crippen LogP contribution in [-0.4, -0.2) is 114 Å². The Morgan fingerprint density at radius 3 is 1.76 bits per heavy atom. The molecule has 0 bridgehead atoms. The molecule has 0 amide bonds. The van der Waals surface area contributed by atoms with Crippen molar-refractivity contribution in [2.75, 3.05) is 13.2 Å². The first kappa shape index (κ1) is 61.7. The molecule has 0 aromatic carbocycles. The first-order chi connectivity index (χ1) is 31.5. The highest BCUT2D eigenvalue weighted by Crippen LogP contribution is 2.49. The molecular formula is C47H82O17P2. The third-order valence-electron chi connectivity index (χ3n) is 10.7. The number of unbranched alkanes of at least 4 members (excludes halogenated alkanes) is 15. The minimum absolute atomic E-state index is 0.0674. The molecule has 1 saturated carbocycles. The molecule has 1 rings (SSSR count). The number of hydrogen-bond donors (Lipinski definition) is 8. The first-order valence-electron chi connectivity index (χ1n) is 23.9. The predicted octanol–water partition coefficient (Wildman–Crippen LogP) is 8.03. The first-order valence-corrected chi connectivity index (χ1v) is 27.0. The van der Waals surface area contributed by atoms with Gasteiger partial charge in [0.1, 0.15) is 43.2 Å². The Hall–Kier alpha value is -2.34. The number of allylic oxidation sites excluding steroid dienone is 8. The van der Waals surface area contributed by atoms with Crippen LogP contribution in [0.1, 0.15) is 162 Å². The zero-order chi connectivity index (χ0) is 49.1. The fourth-order valence-electron chi connectivity index (χ4n) is 6.92. The highest BCUT2D eigenvalue weighted by Gasteiger charge is 2.54. The maximum atomic E-state index is 13.0. The van der Waals surface area contributed by atoms with Gasteiger partial charge >= 0.3 is 27.6 Å². The van der Waals surface area contributed by atoms with Gasteiger partial charge in [-0.05, 0) is 64.2 Å². The van der Waals surface area contributed by atoms with Crippen LogP contribution in [0.2, 0.25) is 0 Å². The van der Waals surface area contributed by atoms with E-state index in [9.17, 15) is 58.9 Å². The van der Waals surface area contributed by atoms with E-state index in [0.717, 1.165) is 51.4 Å². The second-order valence-electron chi connectivity index (χ2n) is 16.6. The average Bonchev–Trinajstić information content (AvgIpc) is 3.27. The fraction of sp³-hybridized carbons (Fsp3) is 0.745. The minimum Gasteiger partial charge on any atom is -0.462 e. The summed E-state index contributed by atoms with van der Waals surface area (Å²) >= 11 is 0. The van der Waals surface area contributed by atoms with Gasteiger partial charge in [-0.15, -0.1) is 0 Å². The molecule has 0 aromatic rings. The van der Waals surface area contributed by atoms with Gasteiger partial charge < -0.3 is 49.7 Å². The quantitative estimate of drug-likeness (QED) is 0.00951. The summed E-state index contributed by atoms with van der Waals surface area (Å²) in [4.78, 5) is 54.3. The van der Waals surface area contributed by atoms with E-state index in [1.54, 1.807) is 6.08 Å². The third kappa shape index (κ3) is 31.7. The molecule has 0 saturated heterocycles. The van der Waals surface area contributed by atoms with Crippen molar-refractivity contribution in [1.29, 1.82) is 0 Å². The van der Waals surface area contributed by atoms with Crippen molar-refractivity contribution in [2.24, 2.45) is 0 Å². The number of aliphatic hydroxyl groups excluding tert-OH is 5. The Labute approximate surface area is 392 Å². The van der Waals surface area contributed by atoms with Crippen LogP contribution in [-0.2, 0) is 41.8 Å². The van der Waals surface area contributed by atoms with Crippen LogP contribution in [0.3, 0.4) is 0 Å². The molecule has 0 aromatic heterocycles. The van der Waals surface area contributed by atoms with E-state index in [4.69, 9.17) is 18.5 Å². The molecule has 1 aliphatic carbocycles. The molecule has 66 heavy (non-hydrogen) atoms. The molecular weight excluding hydrogens is 898 g/mol. The van der Waals surface area contributed by atoms with Gasteiger partial charge in [-0.25, -0.2) is 9.13 Å². The molecule has 0 aliphatic heterocycles. The van der Waals surface area contributed by atoms with Gasteiger partial charge in [0, 0.05) is 12.8 Å². The number of hydrogen-bond acceptors (Lipinski definition) is 14. The Kier molecular flexibility index (Phi) is 35.1. The summed E-state index contributed by atoms with van der Waals surface area (Å²) < 4.78 is 49.3. The number of phosphoric ester groups is 2. The Balaban J connectivity index is 2.66. The van der Waals surface area contributed by atoms with E-state index in [1.807, 2.05) is 36.5 Å². The molecule has 9 atom stereocenters. The lowest BCUT2D eigenvalue weighted by Crippen LogP contribution is -2.64. The predicted molar refractivity (Wildman–Crippen MR) is 252 cm³/mol. The fourth-order valence-corrected chi connectivity index (χ4v) is 8.46. The van der Waals surface area contributed by atoms with E-state index >= 15 is 0 Å². The number of carbonyl (C=O) groups excluding carboxylic acids is 2. The van der Waals surface area contributed by atoms with Crippen molar-refractivity contribution in [3.8, 4) is 0 Å². The molecule has 1 fully saturated rings. The number of carbonyl (C=O) groups is 2. The topological polar surface area (TPSA) is 276 Å². The van der Waals surface area contributed by atoms with Crippen LogP contribution in [0.5, 0.6) is 0 Å². The summed E-state index contributed by atoms with van der Waals surface area (Å²) in [5.41, 5.74) is 0. The van der Waals surface area contributed by atoms with Crippen LogP contribution in [0.25, 0.3) is 0 Å². The number of esters is 2. The summed E-state index contributed by atoms with van der Waals surface area (Å²) in [6.07, 6.45) is 24.9. The average molecular weight is 981 g/mol. The highest BCUT2D eigenvalue weighted by molar-refractivity contribution is 7.47. The zero-order valence-electron chi connectivity index (χ0n) is 39.2. The van der Waals surface area contributed by atoms with Gasteiger partial charge in [0.05, 0.1) is 12.7 Å². The zero-order valence-corrected chi connectivity index (χ0v) is 41.0. The monoisotopic (exact) mass is 981 g/mol. The van der Waals surface area contributed by atoms with Gasteiger partial charge in [-0.3, -0.25) is 23.2 Å². The number of phosphoric acid groups is 2. The van der Waals surface area contributed by atoms with Gasteiger partial charge in [-0.2, -0.15) is 0 Å². The molecule has 19 heteroatoms. The molecule has 0 radical (unpaired) electrons. The highest BCUT2D eigenvalue weighted by atomic mass is 31.2. The Morgan fingerprint density at radius 1 is 0.576 bits per heavy atom. The van der Waals surface area contributed by atoms with E-state index < -0.39 is 89.6 Å². The second kappa shape index (κ2) is 37.5. The van der Waals surface area contributed by atoms with Crippen molar-refractivity contribution in [3.63, 3.8) is 0 Å². The van der Waals surface area contributed by atoms with Crippen LogP contribution in [0, 0.1) is 0 Å². The van der Waals surface area contributed by atoms with Crippen LogP contribution < -0.4 is 0 Å². The van der Waals surface area contributed by atoms with Crippen molar-refractivity contribution in [2.45, 2.75) is 210 Å². The molecule has 8 N–H and O–H groups in total. The van der Waals surface area contributed by atoms with Gasteiger partial charge in [0.25, 0.3) is 0 Å². The lowest BCUT2D eigenvalue weighted by molar-refractivity contribution is -0.216. The number of ether oxygens (including phenoxy) is 2. The molecule has 1 aliphatic rings. The summed E-state index contributed by atoms with van der Waals surface area (Å²) in [6.45, 7) is 2.88. The SMILES string of the molecule is CC/C=C\CCCCCCCCCCCCCC(=O)OC[C@H](COP(=O)(O)O[C@H]1C(O)C(O)C(O)[C@@H](OP(=O)(O)O)C1O)OC(=O)CCC/C=C/C/C=C\C[C@@H](O)/C=C\C=C/CCCCC. The van der Waals surface area contributed by atoms with E-state index in [1.165, 1.54) is 51.4 Å². The summed E-state index contributed by atoms with van der Waals surface area (Å²) in [5, 5.41) is 51.3. The minimum atomic E-state index is -5.38. The lowest BCUT2D eigenvalue weighted by atomic mass is 9.85. The van der Waals surface area contributed by atoms with Gasteiger partial charge in [-0.1, -0.05) is 145 Å². The normalized spacial score (nSPS) is 22.5. The van der Waals surface area contributed by atoms with Crippen LogP contribution in [0.4, 0.5) is 0 Å². The summed E-state index contributed by atoms with van der Waals surface area (Å²) in [6, 6.07) is 0. The third-order valence-corrected chi connectivity index (χ3v) is 12.2. The largest absolute Gasteiger partial charge is 0.472 e. The maximum absolute atomic E-state index is 13.0. The van der Waals surface area contributed by atoms with Crippen LogP contribution in [0.15, 0.2) is 60.8 Å². The van der Waals surface area contributed by atoms with E-state index in [2.05, 4.69) is 36.6 Å². The lowest BCUT2D eigenvalue weighted by Gasteiger charge is -2.43. The van der Waals surface area contributed by atoms with Crippen molar-refractivity contribution in [3.05, 3.63) is 60.8 Å². The number of rotatable bonds is 39. The van der Waals surface area contributed by atoms with Crippen LogP contribution >= 0.6 is 15.6 Å². The Morgan fingerprint density at radius 2 is 1.12 bits per heavy atom. The van der Waals surface area contributed by atoms with Crippen molar-refractivity contribution < 1.29 is 82.0 Å². The van der Waals surface area contributed by atoms with Gasteiger partial charge in [0.2, 0.25) is 0 Å². The van der Waals surface area contributed by atoms with Crippen molar-refractivity contribution >= 4 is 27.6 Å². The summed E-state index contributed by atoms with van der Waals surface area (Å²) in [5.74, 6) is -1.32. The molecule has 382 valence electrons. The molecule has 0 spiro atoms. The van der Waals surface area contributed by atoms with Gasteiger partial charge in [0.15, 0.2) is 6.10 Å². The van der Waals surface area contributed by atoms with Crippen molar-refractivity contribution in [1.82, 2.24) is 0 Å². The van der Waals surface area contributed by atoms with E-state index in [-0.39, 0.29) is 12.8 Å². The standard InChI is InChI=1S/C47H82O17P2/c1-3-5-7-9-11-12-13-14-15-16-17-18-22-26-30-34-40(49)60-36-39(37-61-66(58,59)64-47-44(53)42(51)43(52)46(45(47)54)63-65(55,56)57)62-41(50)35-31-27-23-19-21-25-29-33-38(48)32-28-24-20-10-8-6-4-2/h5,7,19-20,23-25,28-29,32,38-39,42-48,51-54H,3-4,6,8-18,21-22,26-27,30-31,33-37H2,1-2H3,(H,58,59)(H2,55,56,57)/b7-5-,23-19+,24-20-,29-25-,32-28-/t38-,39+,42?,43?,44?,45?,46+,47-/m0/s1. The second-order valence-corrected chi connectivity index (χ2v) is 19.2. The maximum Gasteiger partial charge on any atom is 0.472 e. The van der Waals surface area contributed by atoms with E-state index in [0.29, 0.717) is 32.1 Å².